The van der Waals surface area contributed by atoms with Gasteiger partial charge in [-0.15, -0.1) is 11.6 Å². The summed E-state index contributed by atoms with van der Waals surface area (Å²) in [5.41, 5.74) is 0. The Morgan fingerprint density at radius 1 is 1.43 bits per heavy atom. The van der Waals surface area contributed by atoms with E-state index in [-0.39, 0.29) is 0 Å². The Bertz CT molecular complexity index is 166. The summed E-state index contributed by atoms with van der Waals surface area (Å²) in [6.07, 6.45) is 0. The maximum Gasteiger partial charge on any atom is 0.0602 e. The molecule has 0 radical (unpaired) electrons. The fourth-order valence-corrected chi connectivity index (χ4v) is 2.94. The van der Waals surface area contributed by atoms with Crippen molar-refractivity contribution in [1.82, 2.24) is 4.90 Å². The first-order chi connectivity index (χ1) is 6.64. The van der Waals surface area contributed by atoms with E-state index < -0.39 is 0 Å². The number of hydrogen-bond donors (Lipinski definition) is 0. The highest BCUT2D eigenvalue weighted by atomic mass is 35.5. The van der Waals surface area contributed by atoms with E-state index in [1.165, 1.54) is 18.8 Å². The molecule has 14 heavy (non-hydrogen) atoms. The molecule has 84 valence electrons. The van der Waals surface area contributed by atoms with Gasteiger partial charge in [0.1, 0.15) is 0 Å². The Morgan fingerprint density at radius 3 is 2.86 bits per heavy atom. The largest absolute Gasteiger partial charge is 0.379 e. The topological polar surface area (TPSA) is 12.5 Å². The normalized spacial score (nSPS) is 22.5. The number of alkyl halides is 1. The van der Waals surface area contributed by atoms with Gasteiger partial charge in [-0.3, -0.25) is 4.90 Å². The van der Waals surface area contributed by atoms with Gasteiger partial charge in [-0.2, -0.15) is 11.8 Å². The van der Waals surface area contributed by atoms with Crippen LogP contribution in [0, 0.1) is 0 Å². The maximum absolute atomic E-state index is 5.53. The molecule has 0 saturated carbocycles. The minimum absolute atomic E-state index is 0.407. The Balaban J connectivity index is 2.12. The number of ether oxygens (including phenoxy) is 1. The fraction of sp³-hybridized carbons (Fsp3) is 1.00. The Labute approximate surface area is 96.3 Å². The van der Waals surface area contributed by atoms with Crippen LogP contribution in [-0.2, 0) is 4.74 Å². The molecule has 1 rings (SSSR count). The van der Waals surface area contributed by atoms with Gasteiger partial charge in [0.05, 0.1) is 13.2 Å². The molecule has 0 aromatic heterocycles. The van der Waals surface area contributed by atoms with Crippen molar-refractivity contribution in [1.29, 1.82) is 0 Å². The van der Waals surface area contributed by atoms with E-state index in [0.717, 1.165) is 13.2 Å². The molecule has 1 saturated heterocycles. The Hall–Kier alpha value is 0.560. The van der Waals surface area contributed by atoms with Gasteiger partial charge in [0.2, 0.25) is 0 Å². The van der Waals surface area contributed by atoms with Crippen molar-refractivity contribution in [2.45, 2.75) is 18.6 Å². The van der Waals surface area contributed by atoms with Crippen LogP contribution in [0.5, 0.6) is 0 Å². The number of nitrogens with zero attached hydrogens (tertiary/aromatic N) is 1. The zero-order valence-corrected chi connectivity index (χ0v) is 10.7. The molecule has 0 unspecified atom stereocenters. The summed E-state index contributed by atoms with van der Waals surface area (Å²) in [5, 5.41) is 0. The van der Waals surface area contributed by atoms with Crippen molar-refractivity contribution in [2.24, 2.45) is 0 Å². The summed E-state index contributed by atoms with van der Waals surface area (Å²) >= 11 is 7.59. The second-order valence-electron chi connectivity index (χ2n) is 4.19. The van der Waals surface area contributed by atoms with Crippen molar-refractivity contribution >= 4 is 23.4 Å². The van der Waals surface area contributed by atoms with E-state index in [9.17, 15) is 0 Å². The predicted octanol–water partition coefficient (Wildman–Crippen LogP) is 2.07. The zero-order valence-electron chi connectivity index (χ0n) is 9.09. The first-order valence-corrected chi connectivity index (χ1v) is 6.66. The summed E-state index contributed by atoms with van der Waals surface area (Å²) in [5.74, 6) is 1.84. The zero-order chi connectivity index (χ0) is 10.4. The lowest BCUT2D eigenvalue weighted by molar-refractivity contribution is 0.112. The highest BCUT2D eigenvalue weighted by Crippen LogP contribution is 2.29. The summed E-state index contributed by atoms with van der Waals surface area (Å²) in [6.45, 7) is 9.51. The lowest BCUT2D eigenvalue weighted by Gasteiger charge is -2.37. The molecular formula is C10H20ClNOS. The van der Waals surface area contributed by atoms with E-state index in [1.807, 2.05) is 0 Å². The van der Waals surface area contributed by atoms with Crippen LogP contribution < -0.4 is 0 Å². The average molecular weight is 238 g/mol. The third kappa shape index (κ3) is 4.87. The lowest BCUT2D eigenvalue weighted by atomic mass is 10.2. The van der Waals surface area contributed by atoms with Gasteiger partial charge >= 0.3 is 0 Å². The lowest BCUT2D eigenvalue weighted by Crippen LogP contribution is -2.44. The molecule has 0 spiro atoms. The number of hydrogen-bond acceptors (Lipinski definition) is 3. The summed E-state index contributed by atoms with van der Waals surface area (Å²) in [4.78, 5) is 2.48. The molecule has 1 aliphatic rings. The molecule has 1 fully saturated rings. The molecule has 0 aromatic carbocycles. The number of halogens is 1. The smallest absolute Gasteiger partial charge is 0.0602 e. The molecule has 0 bridgehead atoms. The minimum Gasteiger partial charge on any atom is -0.379 e. The van der Waals surface area contributed by atoms with Gasteiger partial charge in [-0.25, -0.2) is 0 Å². The van der Waals surface area contributed by atoms with Crippen molar-refractivity contribution < 1.29 is 4.74 Å². The molecule has 4 heteroatoms. The van der Waals surface area contributed by atoms with E-state index in [1.54, 1.807) is 0 Å². The molecule has 0 N–H and O–H groups in total. The SMILES string of the molecule is CC1(C)CN(CCOCCCl)CCS1. The Morgan fingerprint density at radius 2 is 2.21 bits per heavy atom. The van der Waals surface area contributed by atoms with Crippen LogP contribution in [0.15, 0.2) is 0 Å². The quantitative estimate of drug-likeness (QED) is 0.537. The van der Waals surface area contributed by atoms with Crippen molar-refractivity contribution in [2.75, 3.05) is 44.5 Å². The fourth-order valence-electron chi connectivity index (χ4n) is 1.66. The third-order valence-corrected chi connectivity index (χ3v) is 3.73. The summed E-state index contributed by atoms with van der Waals surface area (Å²) < 4.78 is 5.78. The van der Waals surface area contributed by atoms with Gasteiger partial charge in [0, 0.05) is 36.0 Å². The molecule has 0 aromatic rings. The minimum atomic E-state index is 0.407. The molecule has 0 amide bonds. The Kier molecular flexibility index (Phi) is 5.60. The standard InChI is InChI=1S/C10H20ClNOS/c1-10(2)9-12(5-8-14-10)4-7-13-6-3-11/h3-9H2,1-2H3. The summed E-state index contributed by atoms with van der Waals surface area (Å²) in [7, 11) is 0. The van der Waals surface area contributed by atoms with E-state index in [2.05, 4.69) is 30.5 Å². The monoisotopic (exact) mass is 237 g/mol. The number of thioether (sulfide) groups is 1. The van der Waals surface area contributed by atoms with Crippen LogP contribution in [0.3, 0.4) is 0 Å². The molecule has 0 aliphatic carbocycles. The summed E-state index contributed by atoms with van der Waals surface area (Å²) in [6, 6.07) is 0. The number of rotatable bonds is 5. The van der Waals surface area contributed by atoms with Gasteiger partial charge in [0.25, 0.3) is 0 Å². The molecule has 0 atom stereocenters. The molecule has 1 aliphatic heterocycles. The maximum atomic E-state index is 5.53. The highest BCUT2D eigenvalue weighted by Gasteiger charge is 2.26. The van der Waals surface area contributed by atoms with Crippen LogP contribution >= 0.6 is 23.4 Å². The van der Waals surface area contributed by atoms with Gasteiger partial charge < -0.3 is 4.74 Å². The predicted molar refractivity (Wildman–Crippen MR) is 64.5 cm³/mol. The second kappa shape index (κ2) is 6.21. The van der Waals surface area contributed by atoms with Crippen LogP contribution in [0.25, 0.3) is 0 Å². The van der Waals surface area contributed by atoms with Crippen LogP contribution in [0.1, 0.15) is 13.8 Å². The molecule has 2 nitrogen and oxygen atoms in total. The molecular weight excluding hydrogens is 218 g/mol. The van der Waals surface area contributed by atoms with Gasteiger partial charge in [-0.1, -0.05) is 0 Å². The van der Waals surface area contributed by atoms with Crippen molar-refractivity contribution in [3.05, 3.63) is 0 Å². The first-order valence-electron chi connectivity index (χ1n) is 5.14. The van der Waals surface area contributed by atoms with E-state index in [0.29, 0.717) is 17.2 Å². The highest BCUT2D eigenvalue weighted by molar-refractivity contribution is 8.00. The third-order valence-electron chi connectivity index (χ3n) is 2.28. The van der Waals surface area contributed by atoms with Crippen LogP contribution in [0.2, 0.25) is 0 Å². The van der Waals surface area contributed by atoms with Crippen molar-refractivity contribution in [3.8, 4) is 0 Å². The average Bonchev–Trinajstić information content (AvgIpc) is 2.11. The van der Waals surface area contributed by atoms with E-state index in [4.69, 9.17) is 16.3 Å². The van der Waals surface area contributed by atoms with Crippen molar-refractivity contribution in [3.63, 3.8) is 0 Å². The second-order valence-corrected chi connectivity index (χ2v) is 6.37. The van der Waals surface area contributed by atoms with Crippen LogP contribution in [0.4, 0.5) is 0 Å². The van der Waals surface area contributed by atoms with Crippen LogP contribution in [-0.4, -0.2) is 54.1 Å². The first kappa shape index (κ1) is 12.6. The van der Waals surface area contributed by atoms with E-state index >= 15 is 0 Å². The molecule has 1 heterocycles. The van der Waals surface area contributed by atoms with Gasteiger partial charge in [-0.05, 0) is 13.8 Å². The van der Waals surface area contributed by atoms with Gasteiger partial charge in [0.15, 0.2) is 0 Å².